The molecule has 0 unspecified atom stereocenters. The second-order valence-electron chi connectivity index (χ2n) is 8.08. The van der Waals surface area contributed by atoms with Crippen molar-refractivity contribution in [3.05, 3.63) is 78.5 Å². The van der Waals surface area contributed by atoms with Crippen molar-refractivity contribution in [3.8, 4) is 28.3 Å². The summed E-state index contributed by atoms with van der Waals surface area (Å²) in [6.45, 7) is 0.850. The molecule has 3 aromatic carbocycles. The van der Waals surface area contributed by atoms with Gasteiger partial charge in [-0.3, -0.25) is 9.55 Å². The summed E-state index contributed by atoms with van der Waals surface area (Å²) in [4.78, 5) is 8.99. The lowest BCUT2D eigenvalue weighted by Gasteiger charge is -2.10. The molecule has 6 nitrogen and oxygen atoms in total. The quantitative estimate of drug-likeness (QED) is 0.416. The van der Waals surface area contributed by atoms with E-state index >= 15 is 4.39 Å². The summed E-state index contributed by atoms with van der Waals surface area (Å²) in [7, 11) is 0. The average Bonchev–Trinajstić information content (AvgIpc) is 3.49. The number of rotatable bonds is 5. The lowest BCUT2D eigenvalue weighted by atomic mass is 10.0. The van der Waals surface area contributed by atoms with E-state index in [1.54, 1.807) is 24.7 Å². The van der Waals surface area contributed by atoms with Crippen molar-refractivity contribution in [1.82, 2.24) is 14.5 Å². The number of benzene rings is 3. The Morgan fingerprint density at radius 3 is 2.64 bits per heavy atom. The van der Waals surface area contributed by atoms with Crippen LogP contribution in [0.1, 0.15) is 12.0 Å². The molecule has 0 fully saturated rings. The normalized spacial score (nSPS) is 12.7. The van der Waals surface area contributed by atoms with Crippen LogP contribution in [-0.2, 0) is 6.42 Å². The zero-order valence-corrected chi connectivity index (χ0v) is 17.8. The van der Waals surface area contributed by atoms with Crippen LogP contribution in [0, 0.1) is 5.82 Å². The van der Waals surface area contributed by atoms with Gasteiger partial charge in [0, 0.05) is 22.7 Å². The molecule has 7 heteroatoms. The molecule has 0 saturated carbocycles. The molecule has 1 aliphatic heterocycles. The van der Waals surface area contributed by atoms with Gasteiger partial charge in [0.2, 0.25) is 6.79 Å². The van der Waals surface area contributed by atoms with Gasteiger partial charge >= 0.3 is 0 Å². The largest absolute Gasteiger partial charge is 0.454 e. The minimum atomic E-state index is -0.344. The minimum Gasteiger partial charge on any atom is -0.454 e. The first-order chi connectivity index (χ1) is 16.2. The van der Waals surface area contributed by atoms with Crippen molar-refractivity contribution in [3.63, 3.8) is 0 Å². The third-order valence-electron chi connectivity index (χ3n) is 6.03. The Kier molecular flexibility index (Phi) is 4.69. The SMILES string of the molecule is NCCCc1ccc(-n2cnc3cnc4cc(F)c(-c5ccc6c(c5)OCO6)cc4c32)cc1. The summed E-state index contributed by atoms with van der Waals surface area (Å²) in [5.74, 6) is 0.934. The summed E-state index contributed by atoms with van der Waals surface area (Å²) < 4.78 is 28.0. The molecule has 0 saturated heterocycles. The van der Waals surface area contributed by atoms with Crippen molar-refractivity contribution in [2.45, 2.75) is 12.8 Å². The van der Waals surface area contributed by atoms with E-state index in [-0.39, 0.29) is 12.6 Å². The van der Waals surface area contributed by atoms with Crippen LogP contribution < -0.4 is 15.2 Å². The number of aryl methyl sites for hydroxylation is 1. The molecule has 2 aromatic heterocycles. The predicted molar refractivity (Wildman–Crippen MR) is 125 cm³/mol. The second-order valence-corrected chi connectivity index (χ2v) is 8.08. The van der Waals surface area contributed by atoms with Crippen LogP contribution in [0.3, 0.4) is 0 Å². The summed E-state index contributed by atoms with van der Waals surface area (Å²) in [6.07, 6.45) is 5.37. The zero-order chi connectivity index (χ0) is 22.4. The lowest BCUT2D eigenvalue weighted by Crippen LogP contribution is -2.00. The number of halogens is 1. The van der Waals surface area contributed by atoms with Gasteiger partial charge in [0.1, 0.15) is 17.7 Å². The van der Waals surface area contributed by atoms with Crippen molar-refractivity contribution in [2.24, 2.45) is 5.73 Å². The van der Waals surface area contributed by atoms with Gasteiger partial charge < -0.3 is 15.2 Å². The molecule has 0 atom stereocenters. The number of hydrogen-bond donors (Lipinski definition) is 1. The van der Waals surface area contributed by atoms with Crippen molar-refractivity contribution in [1.29, 1.82) is 0 Å². The fourth-order valence-electron chi connectivity index (χ4n) is 4.32. The molecular weight excluding hydrogens is 419 g/mol. The maximum atomic E-state index is 15.1. The van der Waals surface area contributed by atoms with E-state index < -0.39 is 0 Å². The standard InChI is InChI=1S/C26H21FN4O2/c27-21-12-22-20(11-19(21)17-5-8-24-25(10-17)33-15-32-24)26-23(13-29-22)30-14-31(26)18-6-3-16(4-7-18)2-1-9-28/h3-8,10-14H,1-2,9,15,28H2. The number of nitrogens with zero attached hydrogens (tertiary/aromatic N) is 3. The molecule has 6 rings (SSSR count). The van der Waals surface area contributed by atoms with Gasteiger partial charge in [-0.1, -0.05) is 18.2 Å². The predicted octanol–water partition coefficient (Wildman–Crippen LogP) is 5.00. The third kappa shape index (κ3) is 3.37. The molecule has 164 valence electrons. The fourth-order valence-corrected chi connectivity index (χ4v) is 4.32. The van der Waals surface area contributed by atoms with E-state index in [4.69, 9.17) is 15.2 Å². The number of nitrogens with two attached hydrogens (primary N) is 1. The van der Waals surface area contributed by atoms with Gasteiger partial charge in [-0.2, -0.15) is 0 Å². The van der Waals surface area contributed by atoms with Crippen LogP contribution in [0.2, 0.25) is 0 Å². The van der Waals surface area contributed by atoms with E-state index in [2.05, 4.69) is 34.2 Å². The summed E-state index contributed by atoms with van der Waals surface area (Å²) >= 11 is 0. The van der Waals surface area contributed by atoms with Crippen LogP contribution in [0.5, 0.6) is 11.5 Å². The number of hydrogen-bond acceptors (Lipinski definition) is 5. The first-order valence-electron chi connectivity index (χ1n) is 10.9. The average molecular weight is 440 g/mol. The monoisotopic (exact) mass is 440 g/mol. The van der Waals surface area contributed by atoms with E-state index in [0.717, 1.165) is 34.9 Å². The Morgan fingerprint density at radius 1 is 0.939 bits per heavy atom. The van der Waals surface area contributed by atoms with Crippen LogP contribution in [0.15, 0.2) is 67.1 Å². The number of imidazole rings is 1. The van der Waals surface area contributed by atoms with Crippen LogP contribution in [0.25, 0.3) is 38.8 Å². The third-order valence-corrected chi connectivity index (χ3v) is 6.03. The Morgan fingerprint density at radius 2 is 1.79 bits per heavy atom. The summed E-state index contributed by atoms with van der Waals surface area (Å²) in [5, 5.41) is 0.825. The van der Waals surface area contributed by atoms with Gasteiger partial charge in [-0.25, -0.2) is 9.37 Å². The number of fused-ring (bicyclic) bond motifs is 4. The highest BCUT2D eigenvalue weighted by atomic mass is 19.1. The number of aromatic nitrogens is 3. The van der Waals surface area contributed by atoms with E-state index in [1.165, 1.54) is 11.6 Å². The van der Waals surface area contributed by atoms with Gasteiger partial charge in [0.05, 0.1) is 17.2 Å². The zero-order valence-electron chi connectivity index (χ0n) is 17.8. The number of pyridine rings is 1. The number of ether oxygens (including phenoxy) is 2. The highest BCUT2D eigenvalue weighted by molar-refractivity contribution is 6.04. The van der Waals surface area contributed by atoms with Gasteiger partial charge in [-0.15, -0.1) is 0 Å². The Labute approximate surface area is 189 Å². The first kappa shape index (κ1) is 19.7. The topological polar surface area (TPSA) is 75.2 Å². The molecule has 0 spiro atoms. The van der Waals surface area contributed by atoms with Crippen molar-refractivity contribution >= 4 is 21.9 Å². The smallest absolute Gasteiger partial charge is 0.231 e. The molecule has 2 N–H and O–H groups in total. The van der Waals surface area contributed by atoms with E-state index in [0.29, 0.717) is 34.7 Å². The van der Waals surface area contributed by atoms with Gasteiger partial charge in [-0.05, 0) is 60.8 Å². The van der Waals surface area contributed by atoms with Crippen molar-refractivity contribution < 1.29 is 13.9 Å². The molecule has 1 aliphatic rings. The highest BCUT2D eigenvalue weighted by Gasteiger charge is 2.18. The van der Waals surface area contributed by atoms with Gasteiger partial charge in [0.25, 0.3) is 0 Å². The lowest BCUT2D eigenvalue weighted by molar-refractivity contribution is 0.174. The van der Waals surface area contributed by atoms with Crippen LogP contribution >= 0.6 is 0 Å². The molecule has 0 radical (unpaired) electrons. The molecule has 0 amide bonds. The molecule has 33 heavy (non-hydrogen) atoms. The minimum absolute atomic E-state index is 0.174. The Hall–Kier alpha value is -3.97. The summed E-state index contributed by atoms with van der Waals surface area (Å²) in [5.41, 5.74) is 11.3. The molecule has 3 heterocycles. The van der Waals surface area contributed by atoms with E-state index in [9.17, 15) is 0 Å². The van der Waals surface area contributed by atoms with E-state index in [1.807, 2.05) is 16.7 Å². The van der Waals surface area contributed by atoms with Crippen LogP contribution in [0.4, 0.5) is 4.39 Å². The first-order valence-corrected chi connectivity index (χ1v) is 10.9. The van der Waals surface area contributed by atoms with Crippen LogP contribution in [-0.4, -0.2) is 27.9 Å². The fraction of sp³-hybridized carbons (Fsp3) is 0.154. The Bertz CT molecular complexity index is 1490. The van der Waals surface area contributed by atoms with Gasteiger partial charge in [0.15, 0.2) is 11.5 Å². The molecule has 5 aromatic rings. The maximum absolute atomic E-state index is 15.1. The Balaban J connectivity index is 1.50. The molecular formula is C26H21FN4O2. The molecule has 0 aliphatic carbocycles. The molecule has 0 bridgehead atoms. The maximum Gasteiger partial charge on any atom is 0.231 e. The van der Waals surface area contributed by atoms with Crippen molar-refractivity contribution in [2.75, 3.05) is 13.3 Å². The summed E-state index contributed by atoms with van der Waals surface area (Å²) in [6, 6.07) is 17.1. The second kappa shape index (κ2) is 7.86. The highest BCUT2D eigenvalue weighted by Crippen LogP contribution is 2.38.